The van der Waals surface area contributed by atoms with E-state index in [9.17, 15) is 17.6 Å². The van der Waals surface area contributed by atoms with Crippen LogP contribution in [-0.2, 0) is 6.18 Å². The molecule has 2 saturated heterocycles. The van der Waals surface area contributed by atoms with Crippen LogP contribution in [0, 0.1) is 12.7 Å². The van der Waals surface area contributed by atoms with Crippen molar-refractivity contribution in [1.29, 1.82) is 0 Å². The molecule has 4 heterocycles. The van der Waals surface area contributed by atoms with Crippen LogP contribution in [0.4, 0.5) is 35.3 Å². The van der Waals surface area contributed by atoms with E-state index in [0.29, 0.717) is 68.1 Å². The van der Waals surface area contributed by atoms with Gasteiger partial charge in [0.15, 0.2) is 5.82 Å². The first kappa shape index (κ1) is 26.8. The molecule has 0 radical (unpaired) electrons. The van der Waals surface area contributed by atoms with Crippen LogP contribution in [0.15, 0.2) is 49.2 Å². The van der Waals surface area contributed by atoms with E-state index in [1.54, 1.807) is 24.0 Å². The van der Waals surface area contributed by atoms with E-state index >= 15 is 0 Å². The molecule has 0 N–H and O–H groups in total. The van der Waals surface area contributed by atoms with E-state index in [1.165, 1.54) is 18.3 Å². The van der Waals surface area contributed by atoms with Crippen molar-refractivity contribution in [3.63, 3.8) is 0 Å². The Labute approximate surface area is 224 Å². The van der Waals surface area contributed by atoms with Gasteiger partial charge in [0.05, 0.1) is 5.56 Å². The average molecular weight is 543 g/mol. The molecule has 0 atom stereocenters. The first-order valence-corrected chi connectivity index (χ1v) is 12.9. The Morgan fingerprint density at radius 3 is 2.08 bits per heavy atom. The number of halogens is 4. The molecule has 0 aliphatic carbocycles. The van der Waals surface area contributed by atoms with Gasteiger partial charge >= 0.3 is 6.18 Å². The predicted octanol–water partition coefficient (Wildman–Crippen LogP) is 4.03. The number of benzene rings is 1. The Hall–Kier alpha value is -3.80. The molecule has 0 saturated carbocycles. The lowest BCUT2D eigenvalue weighted by atomic mass is 10.1. The highest BCUT2D eigenvalue weighted by Gasteiger charge is 2.36. The highest BCUT2D eigenvalue weighted by Crippen LogP contribution is 2.35. The van der Waals surface area contributed by atoms with Gasteiger partial charge in [0.1, 0.15) is 11.6 Å². The molecule has 39 heavy (non-hydrogen) atoms. The number of anilines is 3. The molecule has 2 aromatic heterocycles. The number of aryl methyl sites for hydroxylation is 1. The van der Waals surface area contributed by atoms with Gasteiger partial charge in [0.2, 0.25) is 11.9 Å². The molecular weight excluding hydrogens is 512 g/mol. The van der Waals surface area contributed by atoms with Crippen LogP contribution in [0.1, 0.15) is 11.1 Å². The lowest BCUT2D eigenvalue weighted by Crippen LogP contribution is -2.49. The smallest absolute Gasteiger partial charge is 0.353 e. The molecule has 12 heteroatoms. The van der Waals surface area contributed by atoms with E-state index in [2.05, 4.69) is 26.3 Å². The number of nitrogens with zero attached hydrogens (tertiary/aromatic N) is 8. The zero-order valence-electron chi connectivity index (χ0n) is 21.7. The summed E-state index contributed by atoms with van der Waals surface area (Å²) in [5.41, 5.74) is 0.311. The van der Waals surface area contributed by atoms with E-state index in [4.69, 9.17) is 9.97 Å². The van der Waals surface area contributed by atoms with Crippen molar-refractivity contribution in [2.24, 2.45) is 0 Å². The number of alkyl halides is 3. The normalized spacial score (nSPS) is 17.0. The zero-order chi connectivity index (χ0) is 27.6. The van der Waals surface area contributed by atoms with Gasteiger partial charge in [0.25, 0.3) is 0 Å². The summed E-state index contributed by atoms with van der Waals surface area (Å²) in [6, 6.07) is 7.22. The van der Waals surface area contributed by atoms with Gasteiger partial charge < -0.3 is 14.7 Å². The molecule has 0 unspecified atom stereocenters. The minimum absolute atomic E-state index is 0.0748. The Morgan fingerprint density at radius 1 is 0.872 bits per heavy atom. The van der Waals surface area contributed by atoms with Gasteiger partial charge in [-0.05, 0) is 30.7 Å². The maximum Gasteiger partial charge on any atom is 0.419 e. The fourth-order valence-electron chi connectivity index (χ4n) is 4.80. The fourth-order valence-corrected chi connectivity index (χ4v) is 4.80. The topological polar surface area (TPSA) is 64.5 Å². The van der Waals surface area contributed by atoms with Crippen molar-refractivity contribution in [3.05, 3.63) is 66.1 Å². The molecule has 2 aliphatic rings. The van der Waals surface area contributed by atoms with Gasteiger partial charge in [0, 0.05) is 70.7 Å². The number of hydrogen-bond donors (Lipinski definition) is 0. The maximum atomic E-state index is 14.4. The Bertz CT molecular complexity index is 1320. The van der Waals surface area contributed by atoms with E-state index in [-0.39, 0.29) is 11.6 Å². The molecular formula is C27H30F4N8. The minimum Gasteiger partial charge on any atom is -0.353 e. The van der Waals surface area contributed by atoms with Gasteiger partial charge in [-0.1, -0.05) is 18.2 Å². The van der Waals surface area contributed by atoms with E-state index in [1.807, 2.05) is 11.0 Å². The third kappa shape index (κ3) is 5.95. The molecule has 0 spiro atoms. The monoisotopic (exact) mass is 542 g/mol. The molecule has 0 amide bonds. The highest BCUT2D eigenvalue weighted by molar-refractivity contribution is 5.60. The van der Waals surface area contributed by atoms with Crippen molar-refractivity contribution in [2.45, 2.75) is 13.1 Å². The number of rotatable bonds is 6. The Morgan fingerprint density at radius 2 is 1.49 bits per heavy atom. The summed E-state index contributed by atoms with van der Waals surface area (Å²) in [4.78, 5) is 26.1. The van der Waals surface area contributed by atoms with Crippen molar-refractivity contribution in [2.75, 3.05) is 73.6 Å². The molecule has 2 fully saturated rings. The quantitative estimate of drug-likeness (QED) is 0.342. The average Bonchev–Trinajstić information content (AvgIpc) is 2.94. The van der Waals surface area contributed by atoms with E-state index < -0.39 is 11.7 Å². The fraction of sp³-hybridized carbons (Fsp3) is 0.407. The molecule has 5 rings (SSSR count). The first-order valence-electron chi connectivity index (χ1n) is 12.9. The second kappa shape index (κ2) is 11.1. The summed E-state index contributed by atoms with van der Waals surface area (Å²) in [6.45, 7) is 10.8. The summed E-state index contributed by atoms with van der Waals surface area (Å²) in [5.74, 6) is 0.851. The number of piperazine rings is 2. The summed E-state index contributed by atoms with van der Waals surface area (Å²) in [5, 5.41) is 0. The highest BCUT2D eigenvalue weighted by atomic mass is 19.4. The molecule has 1 aromatic carbocycles. The van der Waals surface area contributed by atoms with Crippen molar-refractivity contribution >= 4 is 17.7 Å². The van der Waals surface area contributed by atoms with Crippen molar-refractivity contribution in [3.8, 4) is 11.4 Å². The van der Waals surface area contributed by atoms with Crippen LogP contribution in [0.3, 0.4) is 0 Å². The third-order valence-corrected chi connectivity index (χ3v) is 7.04. The van der Waals surface area contributed by atoms with Crippen LogP contribution in [0.5, 0.6) is 0 Å². The maximum absolute atomic E-state index is 14.4. The molecule has 206 valence electrons. The van der Waals surface area contributed by atoms with Gasteiger partial charge in [-0.2, -0.15) is 28.1 Å². The van der Waals surface area contributed by atoms with Crippen LogP contribution >= 0.6 is 0 Å². The lowest BCUT2D eigenvalue weighted by molar-refractivity contribution is -0.137. The minimum atomic E-state index is -4.49. The van der Waals surface area contributed by atoms with Gasteiger partial charge in [-0.3, -0.25) is 4.90 Å². The Balaban J connectivity index is 1.41. The SMILES string of the molecule is C=CCN1CCN(c2nc(-c3ccc(C)c(F)c3)nc(N3CCN(c4ncccc4C(F)(F)F)CC3)n2)CC1. The van der Waals surface area contributed by atoms with Crippen molar-refractivity contribution < 1.29 is 17.6 Å². The molecule has 3 aromatic rings. The lowest BCUT2D eigenvalue weighted by Gasteiger charge is -2.37. The van der Waals surface area contributed by atoms with Crippen LogP contribution < -0.4 is 14.7 Å². The molecule has 2 aliphatic heterocycles. The van der Waals surface area contributed by atoms with Gasteiger partial charge in [-0.15, -0.1) is 6.58 Å². The van der Waals surface area contributed by atoms with E-state index in [0.717, 1.165) is 25.7 Å². The molecule has 8 nitrogen and oxygen atoms in total. The summed E-state index contributed by atoms with van der Waals surface area (Å²) in [6.07, 6.45) is -1.24. The number of aromatic nitrogens is 4. The standard InChI is InChI=1S/C27H30F4N8/c1-3-9-36-10-12-38(13-11-36)25-33-23(20-7-6-19(2)22(28)18-20)34-26(35-25)39-16-14-37(15-17-39)24-21(27(29,30)31)5-4-8-32-24/h3-8,18H,1,9-17H2,2H3. The zero-order valence-corrected chi connectivity index (χ0v) is 21.7. The first-order chi connectivity index (χ1) is 18.7. The number of pyridine rings is 1. The van der Waals surface area contributed by atoms with Crippen LogP contribution in [0.2, 0.25) is 0 Å². The largest absolute Gasteiger partial charge is 0.419 e. The molecule has 0 bridgehead atoms. The Kier molecular flexibility index (Phi) is 7.65. The summed E-state index contributed by atoms with van der Waals surface area (Å²) < 4.78 is 55.1. The summed E-state index contributed by atoms with van der Waals surface area (Å²) >= 11 is 0. The number of hydrogen-bond acceptors (Lipinski definition) is 8. The second-order valence-electron chi connectivity index (χ2n) is 9.65. The van der Waals surface area contributed by atoms with Gasteiger partial charge in [-0.25, -0.2) is 9.37 Å². The third-order valence-electron chi connectivity index (χ3n) is 7.04. The van der Waals surface area contributed by atoms with Crippen LogP contribution in [0.25, 0.3) is 11.4 Å². The summed E-state index contributed by atoms with van der Waals surface area (Å²) in [7, 11) is 0. The van der Waals surface area contributed by atoms with Crippen molar-refractivity contribution in [1.82, 2.24) is 24.8 Å². The predicted molar refractivity (Wildman–Crippen MR) is 142 cm³/mol. The second-order valence-corrected chi connectivity index (χ2v) is 9.65. The van der Waals surface area contributed by atoms with Crippen LogP contribution in [-0.4, -0.2) is 83.7 Å².